The van der Waals surface area contributed by atoms with Gasteiger partial charge in [0.25, 0.3) is 5.91 Å². The molecule has 3 amide bonds. The minimum Gasteiger partial charge on any atom is -0.455 e. The number of urea groups is 1. The molecule has 22 heavy (non-hydrogen) atoms. The Morgan fingerprint density at radius 1 is 1.36 bits per heavy atom. The van der Waals surface area contributed by atoms with Crippen molar-refractivity contribution < 1.29 is 19.1 Å². The van der Waals surface area contributed by atoms with Crippen LogP contribution in [0.15, 0.2) is 23.1 Å². The summed E-state index contributed by atoms with van der Waals surface area (Å²) in [6, 6.07) is 5.55. The molecule has 1 aliphatic rings. The van der Waals surface area contributed by atoms with Gasteiger partial charge in [-0.05, 0) is 25.5 Å². The Morgan fingerprint density at radius 3 is 2.77 bits per heavy atom. The largest absolute Gasteiger partial charge is 0.455 e. The van der Waals surface area contributed by atoms with Crippen molar-refractivity contribution in [1.29, 1.82) is 0 Å². The van der Waals surface area contributed by atoms with E-state index in [9.17, 15) is 14.4 Å². The molecule has 0 radical (unpaired) electrons. The van der Waals surface area contributed by atoms with E-state index in [4.69, 9.17) is 4.74 Å². The quantitative estimate of drug-likeness (QED) is 0.656. The standard InChI is InChI=1S/C15H18N2O4S/c1-10-3-4-12(11(2)7-10)22-9-14(19)21-8-13(18)17-6-5-16-15(17)20/h3-4,7H,5-6,8-9H2,1-2H3,(H,16,20). The molecule has 0 unspecified atom stereocenters. The summed E-state index contributed by atoms with van der Waals surface area (Å²) in [6.45, 7) is 4.33. The number of carbonyl (C=O) groups is 3. The highest BCUT2D eigenvalue weighted by Gasteiger charge is 2.26. The van der Waals surface area contributed by atoms with Crippen molar-refractivity contribution in [3.05, 3.63) is 29.3 Å². The first-order valence-corrected chi connectivity index (χ1v) is 7.90. The lowest BCUT2D eigenvalue weighted by Crippen LogP contribution is -2.37. The average molecular weight is 322 g/mol. The number of esters is 1. The number of hydrogen-bond donors (Lipinski definition) is 1. The molecule has 0 aromatic heterocycles. The van der Waals surface area contributed by atoms with Crippen LogP contribution in [-0.2, 0) is 14.3 Å². The third-order valence-electron chi connectivity index (χ3n) is 3.19. The number of imide groups is 1. The van der Waals surface area contributed by atoms with E-state index in [1.165, 1.54) is 17.3 Å². The van der Waals surface area contributed by atoms with E-state index in [2.05, 4.69) is 5.32 Å². The van der Waals surface area contributed by atoms with E-state index in [1.807, 2.05) is 32.0 Å². The van der Waals surface area contributed by atoms with E-state index >= 15 is 0 Å². The highest BCUT2D eigenvalue weighted by atomic mass is 32.2. The number of benzene rings is 1. The predicted molar refractivity (Wildman–Crippen MR) is 82.7 cm³/mol. The summed E-state index contributed by atoms with van der Waals surface area (Å²) in [7, 11) is 0. The Labute approximate surface area is 133 Å². The molecule has 0 bridgehead atoms. The molecular weight excluding hydrogens is 304 g/mol. The summed E-state index contributed by atoms with van der Waals surface area (Å²) < 4.78 is 4.92. The summed E-state index contributed by atoms with van der Waals surface area (Å²) in [4.78, 5) is 36.7. The molecule has 0 saturated carbocycles. The first-order chi connectivity index (χ1) is 10.5. The molecule has 7 heteroatoms. The zero-order chi connectivity index (χ0) is 16.1. The van der Waals surface area contributed by atoms with Gasteiger partial charge in [0.15, 0.2) is 6.61 Å². The van der Waals surface area contributed by atoms with Crippen molar-refractivity contribution in [2.45, 2.75) is 18.7 Å². The Kier molecular flexibility index (Phi) is 5.43. The molecule has 1 aliphatic heterocycles. The number of hydrogen-bond acceptors (Lipinski definition) is 5. The van der Waals surface area contributed by atoms with E-state index in [0.717, 1.165) is 15.4 Å². The van der Waals surface area contributed by atoms with Crippen molar-refractivity contribution in [2.75, 3.05) is 25.4 Å². The molecule has 1 aromatic carbocycles. The highest BCUT2D eigenvalue weighted by molar-refractivity contribution is 8.00. The number of rotatable bonds is 5. The van der Waals surface area contributed by atoms with Gasteiger partial charge in [-0.25, -0.2) is 4.79 Å². The van der Waals surface area contributed by atoms with E-state index in [0.29, 0.717) is 13.1 Å². The average Bonchev–Trinajstić information content (AvgIpc) is 2.90. The summed E-state index contributed by atoms with van der Waals surface area (Å²) in [5.41, 5.74) is 2.27. The van der Waals surface area contributed by atoms with E-state index in [-0.39, 0.29) is 5.75 Å². The number of aryl methyl sites for hydroxylation is 2. The van der Waals surface area contributed by atoms with Gasteiger partial charge in [0, 0.05) is 18.0 Å². The van der Waals surface area contributed by atoms with Crippen LogP contribution in [0.4, 0.5) is 4.79 Å². The maximum absolute atomic E-state index is 11.7. The van der Waals surface area contributed by atoms with Gasteiger partial charge in [-0.3, -0.25) is 14.5 Å². The topological polar surface area (TPSA) is 75.7 Å². The fourth-order valence-electron chi connectivity index (χ4n) is 2.07. The second-order valence-electron chi connectivity index (χ2n) is 5.00. The number of amides is 3. The van der Waals surface area contributed by atoms with E-state index in [1.54, 1.807) is 0 Å². The minimum absolute atomic E-state index is 0.128. The molecule has 0 aliphatic carbocycles. The molecule has 0 atom stereocenters. The first kappa shape index (κ1) is 16.4. The van der Waals surface area contributed by atoms with Gasteiger partial charge in [0.05, 0.1) is 5.75 Å². The number of thioether (sulfide) groups is 1. The number of nitrogens with zero attached hydrogens (tertiary/aromatic N) is 1. The van der Waals surface area contributed by atoms with Crippen LogP contribution < -0.4 is 5.32 Å². The molecule has 1 aromatic rings. The van der Waals surface area contributed by atoms with Gasteiger partial charge in [0.2, 0.25) is 0 Å². The molecule has 0 spiro atoms. The van der Waals surface area contributed by atoms with Gasteiger partial charge >= 0.3 is 12.0 Å². The Bertz CT molecular complexity index is 603. The SMILES string of the molecule is Cc1ccc(SCC(=O)OCC(=O)N2CCNC2=O)c(C)c1. The zero-order valence-electron chi connectivity index (χ0n) is 12.5. The van der Waals surface area contributed by atoms with Crippen LogP contribution in [0.3, 0.4) is 0 Å². The summed E-state index contributed by atoms with van der Waals surface area (Å²) in [5, 5.41) is 2.52. The Morgan fingerprint density at radius 2 is 2.14 bits per heavy atom. The normalized spacial score (nSPS) is 13.9. The summed E-state index contributed by atoms with van der Waals surface area (Å²) >= 11 is 1.37. The van der Waals surface area contributed by atoms with Crippen molar-refractivity contribution in [3.63, 3.8) is 0 Å². The van der Waals surface area contributed by atoms with Gasteiger partial charge in [-0.15, -0.1) is 11.8 Å². The number of nitrogens with one attached hydrogen (secondary N) is 1. The Balaban J connectivity index is 1.76. The van der Waals surface area contributed by atoms with Crippen molar-refractivity contribution in [1.82, 2.24) is 10.2 Å². The fourth-order valence-corrected chi connectivity index (χ4v) is 2.88. The molecule has 6 nitrogen and oxygen atoms in total. The van der Waals surface area contributed by atoms with Gasteiger partial charge < -0.3 is 10.1 Å². The first-order valence-electron chi connectivity index (χ1n) is 6.91. The third-order valence-corrected chi connectivity index (χ3v) is 4.34. The zero-order valence-corrected chi connectivity index (χ0v) is 13.4. The lowest BCUT2D eigenvalue weighted by Gasteiger charge is -2.12. The second kappa shape index (κ2) is 7.31. The van der Waals surface area contributed by atoms with Crippen LogP contribution in [0, 0.1) is 13.8 Å². The van der Waals surface area contributed by atoms with Crippen LogP contribution in [0.5, 0.6) is 0 Å². The van der Waals surface area contributed by atoms with E-state index < -0.39 is 24.5 Å². The molecule has 1 heterocycles. The van der Waals surface area contributed by atoms with Crippen molar-refractivity contribution in [2.24, 2.45) is 0 Å². The van der Waals surface area contributed by atoms with Crippen molar-refractivity contribution in [3.8, 4) is 0 Å². The predicted octanol–water partition coefficient (Wildman–Crippen LogP) is 1.49. The lowest BCUT2D eigenvalue weighted by atomic mass is 10.2. The molecule has 1 fully saturated rings. The molecule has 2 rings (SSSR count). The fraction of sp³-hybridized carbons (Fsp3) is 0.400. The summed E-state index contributed by atoms with van der Waals surface area (Å²) in [5.74, 6) is -0.846. The van der Waals surface area contributed by atoms with Crippen LogP contribution in [0.2, 0.25) is 0 Å². The number of ether oxygens (including phenoxy) is 1. The third kappa shape index (κ3) is 4.24. The van der Waals surface area contributed by atoms with Crippen molar-refractivity contribution >= 4 is 29.7 Å². The molecular formula is C15H18N2O4S. The summed E-state index contributed by atoms with van der Waals surface area (Å²) in [6.07, 6.45) is 0. The maximum atomic E-state index is 11.7. The van der Waals surface area contributed by atoms with Gasteiger partial charge in [0.1, 0.15) is 0 Å². The number of carbonyl (C=O) groups excluding carboxylic acids is 3. The maximum Gasteiger partial charge on any atom is 0.324 e. The van der Waals surface area contributed by atoms with Crippen LogP contribution >= 0.6 is 11.8 Å². The van der Waals surface area contributed by atoms with Gasteiger partial charge in [-0.1, -0.05) is 17.7 Å². The highest BCUT2D eigenvalue weighted by Crippen LogP contribution is 2.23. The smallest absolute Gasteiger partial charge is 0.324 e. The minimum atomic E-state index is -0.500. The monoisotopic (exact) mass is 322 g/mol. The molecule has 1 saturated heterocycles. The van der Waals surface area contributed by atoms with Crippen LogP contribution in [0.25, 0.3) is 0 Å². The van der Waals surface area contributed by atoms with Crippen LogP contribution in [0.1, 0.15) is 11.1 Å². The van der Waals surface area contributed by atoms with Crippen LogP contribution in [-0.4, -0.2) is 48.3 Å². The molecule has 118 valence electrons. The van der Waals surface area contributed by atoms with Gasteiger partial charge in [-0.2, -0.15) is 0 Å². The Hall–Kier alpha value is -2.02. The second-order valence-corrected chi connectivity index (χ2v) is 6.01. The molecule has 1 N–H and O–H groups in total. The lowest BCUT2D eigenvalue weighted by molar-refractivity contribution is -0.148.